The average Bonchev–Trinajstić information content (AvgIpc) is 2.74. The Labute approximate surface area is 176 Å². The SMILES string of the molecule is CCOC(=O)[C@H](Cc1ccc(O)cc1)Nc1c([N+](=O)[O-])cc([N+](=O)[O-])c2ccccc12. The Hall–Kier alpha value is -4.21. The summed E-state index contributed by atoms with van der Waals surface area (Å²) in [5, 5.41) is 36.0. The Morgan fingerprint density at radius 3 is 2.23 bits per heavy atom. The molecular formula is C21H19N3O7. The first kappa shape index (κ1) is 21.5. The van der Waals surface area contributed by atoms with Crippen LogP contribution in [0.15, 0.2) is 54.6 Å². The second-order valence-corrected chi connectivity index (χ2v) is 6.67. The summed E-state index contributed by atoms with van der Waals surface area (Å²) in [6.45, 7) is 1.74. The molecule has 0 fully saturated rings. The topological polar surface area (TPSA) is 145 Å². The fraction of sp³-hybridized carbons (Fsp3) is 0.190. The van der Waals surface area contributed by atoms with Crippen molar-refractivity contribution in [2.75, 3.05) is 11.9 Å². The third-order valence-corrected chi connectivity index (χ3v) is 4.66. The lowest BCUT2D eigenvalue weighted by atomic mass is 10.0. The lowest BCUT2D eigenvalue weighted by Crippen LogP contribution is -2.34. The summed E-state index contributed by atoms with van der Waals surface area (Å²) in [5.74, 6) is -0.575. The predicted molar refractivity (Wildman–Crippen MR) is 113 cm³/mol. The van der Waals surface area contributed by atoms with Crippen molar-refractivity contribution in [3.05, 3.63) is 80.4 Å². The number of aromatic hydroxyl groups is 1. The highest BCUT2D eigenvalue weighted by molar-refractivity contribution is 6.04. The lowest BCUT2D eigenvalue weighted by molar-refractivity contribution is -0.392. The molecule has 0 unspecified atom stereocenters. The quantitative estimate of drug-likeness (QED) is 0.313. The van der Waals surface area contributed by atoms with Gasteiger partial charge < -0.3 is 15.2 Å². The Morgan fingerprint density at radius 1 is 1.03 bits per heavy atom. The van der Waals surface area contributed by atoms with E-state index in [1.165, 1.54) is 24.3 Å². The summed E-state index contributed by atoms with van der Waals surface area (Å²) >= 11 is 0. The molecule has 1 atom stereocenters. The largest absolute Gasteiger partial charge is 0.508 e. The van der Waals surface area contributed by atoms with Crippen molar-refractivity contribution in [2.24, 2.45) is 0 Å². The molecule has 0 aromatic heterocycles. The number of hydrogen-bond acceptors (Lipinski definition) is 8. The molecule has 0 bridgehead atoms. The van der Waals surface area contributed by atoms with Gasteiger partial charge in [-0.2, -0.15) is 0 Å². The number of hydrogen-bond donors (Lipinski definition) is 2. The molecule has 0 aliphatic heterocycles. The van der Waals surface area contributed by atoms with E-state index in [1.54, 1.807) is 31.2 Å². The van der Waals surface area contributed by atoms with Gasteiger partial charge in [0.15, 0.2) is 0 Å². The number of phenolic OH excluding ortho intramolecular Hbond substituents is 1. The molecule has 0 saturated carbocycles. The molecule has 10 nitrogen and oxygen atoms in total. The Kier molecular flexibility index (Phi) is 6.29. The van der Waals surface area contributed by atoms with Crippen LogP contribution in [0.4, 0.5) is 17.1 Å². The fourth-order valence-electron chi connectivity index (χ4n) is 3.27. The van der Waals surface area contributed by atoms with Gasteiger partial charge in [-0.3, -0.25) is 20.2 Å². The van der Waals surface area contributed by atoms with Crippen molar-refractivity contribution in [3.8, 4) is 5.75 Å². The van der Waals surface area contributed by atoms with E-state index in [0.717, 1.165) is 6.07 Å². The summed E-state index contributed by atoms with van der Waals surface area (Å²) in [4.78, 5) is 34.4. The van der Waals surface area contributed by atoms with Crippen LogP contribution in [0.5, 0.6) is 5.75 Å². The van der Waals surface area contributed by atoms with Crippen LogP contribution in [0, 0.1) is 20.2 Å². The minimum absolute atomic E-state index is 0.0111. The number of nitro groups is 2. The first-order valence-corrected chi connectivity index (χ1v) is 9.37. The van der Waals surface area contributed by atoms with Gasteiger partial charge in [-0.25, -0.2) is 4.79 Å². The second-order valence-electron chi connectivity index (χ2n) is 6.67. The molecule has 2 N–H and O–H groups in total. The zero-order valence-electron chi connectivity index (χ0n) is 16.5. The molecule has 0 heterocycles. The van der Waals surface area contributed by atoms with Crippen LogP contribution >= 0.6 is 0 Å². The minimum Gasteiger partial charge on any atom is -0.508 e. The molecular weight excluding hydrogens is 406 g/mol. The number of phenols is 1. The summed E-state index contributed by atoms with van der Waals surface area (Å²) in [6.07, 6.45) is 0.113. The second kappa shape index (κ2) is 9.08. The molecule has 31 heavy (non-hydrogen) atoms. The maximum Gasteiger partial charge on any atom is 0.328 e. The third kappa shape index (κ3) is 4.69. The van der Waals surface area contributed by atoms with Crippen molar-refractivity contribution in [3.63, 3.8) is 0 Å². The van der Waals surface area contributed by atoms with Crippen molar-refractivity contribution >= 4 is 33.8 Å². The standard InChI is InChI=1S/C21H19N3O7/c1-2-31-21(26)17(11-13-7-9-14(25)10-8-13)22-20-16-6-4-3-5-15(16)18(23(27)28)12-19(20)24(29)30/h3-10,12,17,22,25H,2,11H2,1H3/t17-/m0/s1. The van der Waals surface area contributed by atoms with E-state index in [4.69, 9.17) is 4.74 Å². The van der Waals surface area contributed by atoms with Crippen LogP contribution < -0.4 is 5.32 Å². The van der Waals surface area contributed by atoms with Crippen molar-refractivity contribution < 1.29 is 24.5 Å². The molecule has 10 heteroatoms. The van der Waals surface area contributed by atoms with E-state index in [0.29, 0.717) is 5.56 Å². The number of benzene rings is 3. The van der Waals surface area contributed by atoms with E-state index < -0.39 is 33.2 Å². The lowest BCUT2D eigenvalue weighted by Gasteiger charge is -2.20. The summed E-state index contributed by atoms with van der Waals surface area (Å²) in [5.41, 5.74) is -0.260. The van der Waals surface area contributed by atoms with Crippen LogP contribution in [0.1, 0.15) is 12.5 Å². The van der Waals surface area contributed by atoms with Gasteiger partial charge in [-0.15, -0.1) is 0 Å². The average molecular weight is 425 g/mol. The highest BCUT2D eigenvalue weighted by Gasteiger charge is 2.29. The number of nitrogens with one attached hydrogen (secondary N) is 1. The Morgan fingerprint density at radius 2 is 1.65 bits per heavy atom. The first-order chi connectivity index (χ1) is 14.8. The highest BCUT2D eigenvalue weighted by atomic mass is 16.6. The molecule has 0 spiro atoms. The zero-order chi connectivity index (χ0) is 22.5. The van der Waals surface area contributed by atoms with Gasteiger partial charge in [0, 0.05) is 11.8 Å². The molecule has 0 radical (unpaired) electrons. The van der Waals surface area contributed by atoms with E-state index >= 15 is 0 Å². The van der Waals surface area contributed by atoms with Crippen molar-refractivity contribution in [1.29, 1.82) is 0 Å². The van der Waals surface area contributed by atoms with Gasteiger partial charge in [0.25, 0.3) is 11.4 Å². The predicted octanol–water partition coefficient (Wildman–Crippen LogP) is 3.95. The Balaban J connectivity index is 2.12. The number of ether oxygens (including phenoxy) is 1. The van der Waals surface area contributed by atoms with Crippen LogP contribution in [0.25, 0.3) is 10.8 Å². The number of rotatable bonds is 8. The molecule has 0 saturated heterocycles. The van der Waals surface area contributed by atoms with Crippen LogP contribution in [-0.2, 0) is 16.0 Å². The zero-order valence-corrected chi connectivity index (χ0v) is 16.5. The molecule has 0 aliphatic rings. The first-order valence-electron chi connectivity index (χ1n) is 9.37. The molecule has 3 aromatic carbocycles. The van der Waals surface area contributed by atoms with Crippen LogP contribution in [0.2, 0.25) is 0 Å². The summed E-state index contributed by atoms with van der Waals surface area (Å²) in [6, 6.07) is 12.2. The molecule has 3 rings (SSSR count). The molecule has 0 amide bonds. The van der Waals surface area contributed by atoms with Crippen molar-refractivity contribution in [1.82, 2.24) is 0 Å². The van der Waals surface area contributed by atoms with E-state index in [-0.39, 0.29) is 35.2 Å². The molecule has 160 valence electrons. The van der Waals surface area contributed by atoms with Gasteiger partial charge in [0.05, 0.1) is 27.9 Å². The van der Waals surface area contributed by atoms with Crippen molar-refractivity contribution in [2.45, 2.75) is 19.4 Å². The van der Waals surface area contributed by atoms with E-state index in [2.05, 4.69) is 5.32 Å². The maximum absolute atomic E-state index is 12.6. The molecule has 3 aromatic rings. The summed E-state index contributed by atoms with van der Waals surface area (Å²) < 4.78 is 5.12. The van der Waals surface area contributed by atoms with Gasteiger partial charge in [-0.1, -0.05) is 30.3 Å². The molecule has 0 aliphatic carbocycles. The maximum atomic E-state index is 12.6. The minimum atomic E-state index is -1.01. The van der Waals surface area contributed by atoms with Gasteiger partial charge in [0.2, 0.25) is 0 Å². The summed E-state index contributed by atoms with van der Waals surface area (Å²) in [7, 11) is 0. The monoisotopic (exact) mass is 425 g/mol. The van der Waals surface area contributed by atoms with Crippen LogP contribution in [0.3, 0.4) is 0 Å². The van der Waals surface area contributed by atoms with Crippen LogP contribution in [-0.4, -0.2) is 33.6 Å². The fourth-order valence-corrected chi connectivity index (χ4v) is 3.27. The van der Waals surface area contributed by atoms with E-state index in [9.17, 15) is 30.1 Å². The highest BCUT2D eigenvalue weighted by Crippen LogP contribution is 2.39. The smallest absolute Gasteiger partial charge is 0.328 e. The number of non-ortho nitro benzene ring substituents is 1. The van der Waals surface area contributed by atoms with Gasteiger partial charge in [0.1, 0.15) is 17.5 Å². The van der Waals surface area contributed by atoms with Gasteiger partial charge >= 0.3 is 5.97 Å². The number of fused-ring (bicyclic) bond motifs is 1. The number of carbonyl (C=O) groups is 1. The number of carbonyl (C=O) groups excluding carboxylic acids is 1. The van der Waals surface area contributed by atoms with Gasteiger partial charge in [-0.05, 0) is 30.7 Å². The number of esters is 1. The number of nitrogens with zero attached hydrogens (tertiary/aromatic N) is 2. The normalized spacial score (nSPS) is 11.6. The Bertz CT molecular complexity index is 1150. The number of anilines is 1. The van der Waals surface area contributed by atoms with E-state index in [1.807, 2.05) is 0 Å². The third-order valence-electron chi connectivity index (χ3n) is 4.66. The number of nitro benzene ring substituents is 2.